The van der Waals surface area contributed by atoms with Crippen molar-refractivity contribution in [3.05, 3.63) is 29.6 Å². The van der Waals surface area contributed by atoms with Crippen LogP contribution in [0, 0.1) is 6.92 Å². The van der Waals surface area contributed by atoms with Crippen LogP contribution in [0.1, 0.15) is 38.1 Å². The first-order valence-corrected chi connectivity index (χ1v) is 7.18. The van der Waals surface area contributed by atoms with Crippen LogP contribution in [0.3, 0.4) is 0 Å². The molecule has 1 rings (SSSR count). The van der Waals surface area contributed by atoms with Crippen molar-refractivity contribution in [1.82, 2.24) is 15.2 Å². The van der Waals surface area contributed by atoms with Crippen LogP contribution in [-0.4, -0.2) is 39.6 Å². The van der Waals surface area contributed by atoms with E-state index in [9.17, 15) is 9.59 Å². The molecule has 2 N–H and O–H groups in total. The number of hydrogen-bond acceptors (Lipinski definition) is 3. The number of amides is 2. The monoisotopic (exact) mass is 293 g/mol. The number of nitrogens with zero attached hydrogens (tertiary/aromatic N) is 2. The van der Waals surface area contributed by atoms with Gasteiger partial charge in [-0.3, -0.25) is 4.98 Å². The zero-order chi connectivity index (χ0) is 15.8. The molecule has 0 saturated carbocycles. The fourth-order valence-electron chi connectivity index (χ4n) is 2.00. The van der Waals surface area contributed by atoms with E-state index in [4.69, 9.17) is 5.11 Å². The molecule has 1 atom stereocenters. The van der Waals surface area contributed by atoms with Gasteiger partial charge in [-0.15, -0.1) is 0 Å². The molecule has 0 aliphatic carbocycles. The molecular formula is C15H23N3O3. The molecule has 0 spiro atoms. The Kier molecular flexibility index (Phi) is 6.65. The Morgan fingerprint density at radius 1 is 1.38 bits per heavy atom. The third-order valence-corrected chi connectivity index (χ3v) is 3.14. The predicted octanol–water partition coefficient (Wildman–Crippen LogP) is 2.17. The SMILES string of the molecule is CCC[C@H](NC(=O)N(CC)Cc1cccc(C)n1)C(=O)O. The molecule has 6 nitrogen and oxygen atoms in total. The van der Waals surface area contributed by atoms with E-state index in [0.29, 0.717) is 25.9 Å². The Morgan fingerprint density at radius 2 is 2.10 bits per heavy atom. The molecule has 6 heteroatoms. The Bertz CT molecular complexity index is 491. The van der Waals surface area contributed by atoms with Gasteiger partial charge in [-0.1, -0.05) is 19.4 Å². The summed E-state index contributed by atoms with van der Waals surface area (Å²) in [5.41, 5.74) is 1.67. The van der Waals surface area contributed by atoms with Gasteiger partial charge in [0.15, 0.2) is 0 Å². The largest absolute Gasteiger partial charge is 0.480 e. The molecule has 0 bridgehead atoms. The maximum Gasteiger partial charge on any atom is 0.326 e. The maximum atomic E-state index is 12.2. The highest BCUT2D eigenvalue weighted by atomic mass is 16.4. The van der Waals surface area contributed by atoms with Crippen LogP contribution in [0.4, 0.5) is 4.79 Å². The lowest BCUT2D eigenvalue weighted by Crippen LogP contribution is -2.47. The molecule has 1 aromatic heterocycles. The third kappa shape index (κ3) is 5.41. The minimum Gasteiger partial charge on any atom is -0.480 e. The average Bonchev–Trinajstić information content (AvgIpc) is 2.44. The zero-order valence-corrected chi connectivity index (χ0v) is 12.8. The molecule has 0 aliphatic rings. The van der Waals surface area contributed by atoms with Gasteiger partial charge in [0.05, 0.1) is 12.2 Å². The van der Waals surface area contributed by atoms with Gasteiger partial charge in [-0.05, 0) is 32.4 Å². The number of urea groups is 1. The summed E-state index contributed by atoms with van der Waals surface area (Å²) in [4.78, 5) is 29.2. The van der Waals surface area contributed by atoms with E-state index in [-0.39, 0.29) is 6.03 Å². The van der Waals surface area contributed by atoms with E-state index >= 15 is 0 Å². The Hall–Kier alpha value is -2.11. The lowest BCUT2D eigenvalue weighted by molar-refractivity contribution is -0.139. The lowest BCUT2D eigenvalue weighted by atomic mass is 10.2. The van der Waals surface area contributed by atoms with Gasteiger partial charge < -0.3 is 15.3 Å². The van der Waals surface area contributed by atoms with E-state index < -0.39 is 12.0 Å². The molecule has 2 amide bonds. The number of rotatable bonds is 7. The topological polar surface area (TPSA) is 82.5 Å². The summed E-state index contributed by atoms with van der Waals surface area (Å²) < 4.78 is 0. The Balaban J connectivity index is 2.70. The molecule has 116 valence electrons. The van der Waals surface area contributed by atoms with Crippen LogP contribution in [0.5, 0.6) is 0 Å². The number of pyridine rings is 1. The van der Waals surface area contributed by atoms with Crippen molar-refractivity contribution in [3.8, 4) is 0 Å². The first-order chi connectivity index (χ1) is 9.97. The highest BCUT2D eigenvalue weighted by Crippen LogP contribution is 2.05. The Morgan fingerprint density at radius 3 is 2.62 bits per heavy atom. The first kappa shape index (κ1) is 16.9. The minimum atomic E-state index is -1.00. The number of aliphatic carboxylic acids is 1. The van der Waals surface area contributed by atoms with Crippen molar-refractivity contribution in [2.45, 2.75) is 46.2 Å². The van der Waals surface area contributed by atoms with E-state index in [1.165, 1.54) is 0 Å². The number of hydrogen-bond donors (Lipinski definition) is 2. The minimum absolute atomic E-state index is 0.364. The van der Waals surface area contributed by atoms with Crippen LogP contribution in [0.15, 0.2) is 18.2 Å². The van der Waals surface area contributed by atoms with Crippen LogP contribution in [0.25, 0.3) is 0 Å². The third-order valence-electron chi connectivity index (χ3n) is 3.14. The number of carboxylic acids is 1. The predicted molar refractivity (Wildman–Crippen MR) is 79.9 cm³/mol. The molecule has 0 fully saturated rings. The van der Waals surface area contributed by atoms with Gasteiger partial charge in [0.2, 0.25) is 0 Å². The van der Waals surface area contributed by atoms with Crippen LogP contribution < -0.4 is 5.32 Å². The zero-order valence-electron chi connectivity index (χ0n) is 12.8. The molecule has 0 aromatic carbocycles. The van der Waals surface area contributed by atoms with Gasteiger partial charge in [-0.25, -0.2) is 9.59 Å². The number of carboxylic acid groups (broad SMARTS) is 1. The summed E-state index contributed by atoms with van der Waals surface area (Å²) in [6.07, 6.45) is 1.12. The molecule has 1 aromatic rings. The summed E-state index contributed by atoms with van der Waals surface area (Å²) in [6.45, 7) is 6.48. The highest BCUT2D eigenvalue weighted by molar-refractivity contribution is 5.82. The summed E-state index contributed by atoms with van der Waals surface area (Å²) in [6, 6.07) is 4.41. The van der Waals surface area contributed by atoms with Gasteiger partial charge in [0, 0.05) is 12.2 Å². The summed E-state index contributed by atoms with van der Waals surface area (Å²) in [7, 11) is 0. The van der Waals surface area contributed by atoms with Crippen LogP contribution in [0.2, 0.25) is 0 Å². The molecule has 0 unspecified atom stereocenters. The average molecular weight is 293 g/mol. The molecular weight excluding hydrogens is 270 g/mol. The van der Waals surface area contributed by atoms with Crippen molar-refractivity contribution in [2.75, 3.05) is 6.54 Å². The van der Waals surface area contributed by atoms with Gasteiger partial charge in [0.25, 0.3) is 0 Å². The van der Waals surface area contributed by atoms with Crippen LogP contribution >= 0.6 is 0 Å². The Labute approximate surface area is 125 Å². The second-order valence-corrected chi connectivity index (χ2v) is 4.91. The normalized spacial score (nSPS) is 11.8. The van der Waals surface area contributed by atoms with Crippen LogP contribution in [-0.2, 0) is 11.3 Å². The number of nitrogens with one attached hydrogen (secondary N) is 1. The van der Waals surface area contributed by atoms with Gasteiger partial charge >= 0.3 is 12.0 Å². The fourth-order valence-corrected chi connectivity index (χ4v) is 2.00. The second kappa shape index (κ2) is 8.24. The summed E-state index contributed by atoms with van der Waals surface area (Å²) >= 11 is 0. The van der Waals surface area contributed by atoms with Crippen molar-refractivity contribution >= 4 is 12.0 Å². The molecule has 1 heterocycles. The van der Waals surface area contributed by atoms with Crippen molar-refractivity contribution in [3.63, 3.8) is 0 Å². The van der Waals surface area contributed by atoms with Gasteiger partial charge in [-0.2, -0.15) is 0 Å². The smallest absolute Gasteiger partial charge is 0.326 e. The number of carbonyl (C=O) groups excluding carboxylic acids is 1. The molecule has 0 aliphatic heterocycles. The number of aryl methyl sites for hydroxylation is 1. The standard InChI is InChI=1S/C15H23N3O3/c1-4-7-13(14(19)20)17-15(21)18(5-2)10-12-9-6-8-11(3)16-12/h6,8-9,13H,4-5,7,10H2,1-3H3,(H,17,21)(H,19,20)/t13-/m0/s1. The lowest BCUT2D eigenvalue weighted by Gasteiger charge is -2.23. The first-order valence-electron chi connectivity index (χ1n) is 7.18. The molecule has 21 heavy (non-hydrogen) atoms. The van der Waals surface area contributed by atoms with E-state index in [2.05, 4.69) is 10.3 Å². The number of aromatic nitrogens is 1. The van der Waals surface area contributed by atoms with E-state index in [0.717, 1.165) is 11.4 Å². The maximum absolute atomic E-state index is 12.2. The fraction of sp³-hybridized carbons (Fsp3) is 0.533. The highest BCUT2D eigenvalue weighted by Gasteiger charge is 2.22. The molecule has 0 saturated heterocycles. The van der Waals surface area contributed by atoms with Crippen molar-refractivity contribution in [2.24, 2.45) is 0 Å². The van der Waals surface area contributed by atoms with Crippen molar-refractivity contribution < 1.29 is 14.7 Å². The van der Waals surface area contributed by atoms with Crippen molar-refractivity contribution in [1.29, 1.82) is 0 Å². The van der Waals surface area contributed by atoms with E-state index in [1.54, 1.807) is 4.90 Å². The number of carbonyl (C=O) groups is 2. The second-order valence-electron chi connectivity index (χ2n) is 4.91. The van der Waals surface area contributed by atoms with Gasteiger partial charge in [0.1, 0.15) is 6.04 Å². The van der Waals surface area contributed by atoms with E-state index in [1.807, 2.05) is 39.0 Å². The summed E-state index contributed by atoms with van der Waals surface area (Å²) in [5.74, 6) is -1.00. The quantitative estimate of drug-likeness (QED) is 0.807. The molecule has 0 radical (unpaired) electrons. The summed E-state index contributed by atoms with van der Waals surface area (Å²) in [5, 5.41) is 11.7.